The Morgan fingerprint density at radius 3 is 1.96 bits per heavy atom. The number of furan rings is 1. The maximum atomic E-state index is 6.15. The molecule has 3 aromatic heterocycles. The molecule has 5 heteroatoms. The summed E-state index contributed by atoms with van der Waals surface area (Å²) in [5.41, 5.74) is 12.4. The molecule has 0 spiro atoms. The normalized spacial score (nSPS) is 14.3. The van der Waals surface area contributed by atoms with Crippen molar-refractivity contribution in [1.29, 1.82) is 0 Å². The van der Waals surface area contributed by atoms with Crippen LogP contribution in [0.3, 0.4) is 0 Å². The fraction of sp³-hybridized carbons (Fsp3) is 0.0204. The van der Waals surface area contributed by atoms with Crippen molar-refractivity contribution in [1.82, 2.24) is 14.9 Å². The fourth-order valence-electron chi connectivity index (χ4n) is 8.08. The van der Waals surface area contributed by atoms with Gasteiger partial charge in [-0.1, -0.05) is 121 Å². The summed E-state index contributed by atoms with van der Waals surface area (Å²) in [6.45, 7) is 0. The number of benzene rings is 7. The lowest BCUT2D eigenvalue weighted by Crippen LogP contribution is -2.24. The number of rotatable bonds is 5. The van der Waals surface area contributed by atoms with Crippen LogP contribution in [0.2, 0.25) is 0 Å². The molecule has 7 aromatic carbocycles. The number of pyridine rings is 1. The highest BCUT2D eigenvalue weighted by Gasteiger charge is 2.22. The lowest BCUT2D eigenvalue weighted by molar-refractivity contribution is 0.502. The Hall–Kier alpha value is -7.24. The number of allylic oxidation sites excluding steroid dienone is 1. The van der Waals surface area contributed by atoms with Gasteiger partial charge in [0.1, 0.15) is 11.2 Å². The van der Waals surface area contributed by atoms with Crippen LogP contribution in [0.15, 0.2) is 185 Å². The molecule has 11 rings (SSSR count). The third-order valence-corrected chi connectivity index (χ3v) is 10.7. The first-order chi connectivity index (χ1) is 26.7. The van der Waals surface area contributed by atoms with Crippen LogP contribution >= 0.6 is 0 Å². The fourth-order valence-corrected chi connectivity index (χ4v) is 8.08. The molecule has 0 saturated heterocycles. The van der Waals surface area contributed by atoms with Crippen LogP contribution in [0, 0.1) is 0 Å². The van der Waals surface area contributed by atoms with E-state index in [0.29, 0.717) is 0 Å². The third kappa shape index (κ3) is 4.94. The van der Waals surface area contributed by atoms with Gasteiger partial charge in [0.05, 0.1) is 22.4 Å². The molecule has 0 bridgehead atoms. The molecule has 0 saturated carbocycles. The molecular formula is C49H32N4O. The molecule has 1 unspecified atom stereocenters. The number of nitrogens with zero attached hydrogens (tertiary/aromatic N) is 3. The van der Waals surface area contributed by atoms with Crippen LogP contribution in [0.4, 0.5) is 0 Å². The quantitative estimate of drug-likeness (QED) is 0.195. The molecule has 1 aliphatic heterocycles. The number of aliphatic imine (C=N–C) groups is 1. The van der Waals surface area contributed by atoms with Gasteiger partial charge in [-0.15, -0.1) is 0 Å². The zero-order chi connectivity index (χ0) is 35.6. The standard InChI is InChI=1S/C49H32N4O/c1-3-11-31(12-4-1)36-27-42(33-14-5-2-6-15-33)52-43(28-36)37-29-50-49(51-30-37)53-44-22-20-34(26-41(44)48-38-16-8-7-13-32(38)19-23-45(48)53)35-21-24-47-40(25-35)39-17-9-10-18-46(39)54-47/h1-30,49-50H. The van der Waals surface area contributed by atoms with Crippen molar-refractivity contribution < 1.29 is 4.42 Å². The second kappa shape index (κ2) is 12.2. The molecule has 0 radical (unpaired) electrons. The predicted molar refractivity (Wildman–Crippen MR) is 223 cm³/mol. The molecule has 5 nitrogen and oxygen atoms in total. The van der Waals surface area contributed by atoms with E-state index >= 15 is 0 Å². The van der Waals surface area contributed by atoms with Crippen LogP contribution in [0.5, 0.6) is 0 Å². The summed E-state index contributed by atoms with van der Waals surface area (Å²) in [5, 5.41) is 10.7. The second-order valence-electron chi connectivity index (χ2n) is 13.9. The SMILES string of the molecule is C1=NC(n2c3ccc(-c4ccc5oc6ccccc6c5c4)cc3c3c4ccccc4ccc32)NC=C1c1cc(-c2ccccc2)cc(-c2ccccc2)n1. The summed E-state index contributed by atoms with van der Waals surface area (Å²) in [5.74, 6) is 0. The van der Waals surface area contributed by atoms with Gasteiger partial charge in [-0.3, -0.25) is 0 Å². The molecule has 4 heterocycles. The summed E-state index contributed by atoms with van der Waals surface area (Å²) in [6, 6.07) is 59.8. The number of nitrogens with one attached hydrogen (secondary N) is 1. The predicted octanol–water partition coefficient (Wildman–Crippen LogP) is 12.4. The Morgan fingerprint density at radius 2 is 1.15 bits per heavy atom. The molecular weight excluding hydrogens is 661 g/mol. The van der Waals surface area contributed by atoms with Crippen molar-refractivity contribution in [3.8, 4) is 33.5 Å². The molecule has 0 aliphatic carbocycles. The van der Waals surface area contributed by atoms with E-state index in [-0.39, 0.29) is 6.29 Å². The van der Waals surface area contributed by atoms with Crippen molar-refractivity contribution in [3.05, 3.63) is 182 Å². The number of fused-ring (bicyclic) bond motifs is 8. The Bertz CT molecular complexity index is 3080. The minimum absolute atomic E-state index is 0.347. The van der Waals surface area contributed by atoms with E-state index in [1.165, 1.54) is 21.5 Å². The van der Waals surface area contributed by atoms with Gasteiger partial charge in [0.15, 0.2) is 6.29 Å². The summed E-state index contributed by atoms with van der Waals surface area (Å²) in [7, 11) is 0. The van der Waals surface area contributed by atoms with Crippen molar-refractivity contribution >= 4 is 66.3 Å². The van der Waals surface area contributed by atoms with Gasteiger partial charge in [-0.25, -0.2) is 9.98 Å². The van der Waals surface area contributed by atoms with E-state index in [9.17, 15) is 0 Å². The minimum atomic E-state index is -0.347. The highest BCUT2D eigenvalue weighted by Crippen LogP contribution is 2.40. The molecule has 1 N–H and O–H groups in total. The first-order valence-electron chi connectivity index (χ1n) is 18.2. The van der Waals surface area contributed by atoms with Gasteiger partial charge in [-0.05, 0) is 81.6 Å². The van der Waals surface area contributed by atoms with E-state index in [4.69, 9.17) is 14.4 Å². The van der Waals surface area contributed by atoms with E-state index in [2.05, 4.69) is 162 Å². The summed E-state index contributed by atoms with van der Waals surface area (Å²) >= 11 is 0. The molecule has 0 fully saturated rings. The minimum Gasteiger partial charge on any atom is -0.456 e. The Labute approximate surface area is 311 Å². The highest BCUT2D eigenvalue weighted by atomic mass is 16.3. The first kappa shape index (κ1) is 30.4. The Balaban J connectivity index is 1.03. The first-order valence-corrected chi connectivity index (χ1v) is 18.2. The van der Waals surface area contributed by atoms with Crippen molar-refractivity contribution in [2.24, 2.45) is 4.99 Å². The highest BCUT2D eigenvalue weighted by molar-refractivity contribution is 6.21. The summed E-state index contributed by atoms with van der Waals surface area (Å²) in [4.78, 5) is 10.3. The molecule has 10 aromatic rings. The average Bonchev–Trinajstić information content (AvgIpc) is 3.79. The molecule has 0 amide bonds. The average molecular weight is 693 g/mol. The van der Waals surface area contributed by atoms with Gasteiger partial charge in [0, 0.05) is 45.1 Å². The van der Waals surface area contributed by atoms with Gasteiger partial charge in [0.25, 0.3) is 0 Å². The van der Waals surface area contributed by atoms with Crippen LogP contribution in [-0.2, 0) is 0 Å². The van der Waals surface area contributed by atoms with E-state index in [1.54, 1.807) is 0 Å². The van der Waals surface area contributed by atoms with Crippen molar-refractivity contribution in [3.63, 3.8) is 0 Å². The van der Waals surface area contributed by atoms with Crippen LogP contribution < -0.4 is 5.32 Å². The van der Waals surface area contributed by atoms with E-state index in [1.807, 2.05) is 30.5 Å². The van der Waals surface area contributed by atoms with Crippen molar-refractivity contribution in [2.75, 3.05) is 0 Å². The van der Waals surface area contributed by atoms with E-state index < -0.39 is 0 Å². The summed E-state index contributed by atoms with van der Waals surface area (Å²) < 4.78 is 8.47. The lowest BCUT2D eigenvalue weighted by Gasteiger charge is -2.22. The molecule has 54 heavy (non-hydrogen) atoms. The Kier molecular flexibility index (Phi) is 6.85. The van der Waals surface area contributed by atoms with Gasteiger partial charge >= 0.3 is 0 Å². The van der Waals surface area contributed by atoms with Gasteiger partial charge in [-0.2, -0.15) is 0 Å². The van der Waals surface area contributed by atoms with Crippen LogP contribution in [-0.4, -0.2) is 15.8 Å². The van der Waals surface area contributed by atoms with Crippen LogP contribution in [0.1, 0.15) is 12.0 Å². The van der Waals surface area contributed by atoms with E-state index in [0.717, 1.165) is 77.8 Å². The van der Waals surface area contributed by atoms with Gasteiger partial charge in [0.2, 0.25) is 0 Å². The third-order valence-electron chi connectivity index (χ3n) is 10.7. The second-order valence-corrected chi connectivity index (χ2v) is 13.9. The van der Waals surface area contributed by atoms with Crippen LogP contribution in [0.25, 0.3) is 93.6 Å². The number of hydrogen-bond acceptors (Lipinski definition) is 4. The van der Waals surface area contributed by atoms with Gasteiger partial charge < -0.3 is 14.3 Å². The maximum Gasteiger partial charge on any atom is 0.200 e. The largest absolute Gasteiger partial charge is 0.456 e. The monoisotopic (exact) mass is 692 g/mol. The molecule has 1 aliphatic rings. The molecule has 254 valence electrons. The van der Waals surface area contributed by atoms with Crippen molar-refractivity contribution in [2.45, 2.75) is 6.29 Å². The molecule has 1 atom stereocenters. The zero-order valence-electron chi connectivity index (χ0n) is 29.1. The number of para-hydroxylation sites is 1. The Morgan fingerprint density at radius 1 is 0.481 bits per heavy atom. The summed E-state index contributed by atoms with van der Waals surface area (Å²) in [6.07, 6.45) is 3.67. The smallest absolute Gasteiger partial charge is 0.200 e. The zero-order valence-corrected chi connectivity index (χ0v) is 29.1. The number of hydrogen-bond donors (Lipinski definition) is 1. The number of aromatic nitrogens is 2. The lowest BCUT2D eigenvalue weighted by atomic mass is 9.99. The maximum absolute atomic E-state index is 6.15. The topological polar surface area (TPSA) is 55.4 Å².